The maximum atomic E-state index is 5.19. The van der Waals surface area contributed by atoms with Gasteiger partial charge in [0.15, 0.2) is 12.6 Å². The van der Waals surface area contributed by atoms with Gasteiger partial charge in [-0.2, -0.15) is 0 Å². The fraction of sp³-hybridized carbons (Fsp3) is 1.00. The summed E-state index contributed by atoms with van der Waals surface area (Å²) in [6.07, 6.45) is 2.83. The van der Waals surface area contributed by atoms with Gasteiger partial charge in [-0.15, -0.1) is 0 Å². The smallest absolute Gasteiger partial charge is 0.153 e. The van der Waals surface area contributed by atoms with Crippen molar-refractivity contribution in [3.63, 3.8) is 0 Å². The summed E-state index contributed by atoms with van der Waals surface area (Å²) in [5.41, 5.74) is 0. The van der Waals surface area contributed by atoms with Gasteiger partial charge in [0.1, 0.15) is 0 Å². The lowest BCUT2D eigenvalue weighted by Crippen LogP contribution is -2.15. The maximum absolute atomic E-state index is 5.19. The molecule has 0 rings (SSSR count). The molecule has 0 radical (unpaired) electrons. The van der Waals surface area contributed by atoms with Gasteiger partial charge in [0.2, 0.25) is 0 Å². The molecular formula is C12H30O4Si2. The Kier molecular flexibility index (Phi) is 13.9. The Morgan fingerprint density at radius 3 is 1.28 bits per heavy atom. The highest BCUT2D eigenvalue weighted by molar-refractivity contribution is 6.36. The van der Waals surface area contributed by atoms with E-state index >= 15 is 0 Å². The molecule has 4 nitrogen and oxygen atoms in total. The number of hydrogen-bond acceptors (Lipinski definition) is 4. The molecule has 0 heterocycles. The van der Waals surface area contributed by atoms with Gasteiger partial charge in [-0.25, -0.2) is 0 Å². The first-order chi connectivity index (χ1) is 8.78. The van der Waals surface area contributed by atoms with Crippen LogP contribution in [0.15, 0.2) is 0 Å². The van der Waals surface area contributed by atoms with Gasteiger partial charge in [0.25, 0.3) is 0 Å². The first-order valence-electron chi connectivity index (χ1n) is 6.89. The first kappa shape index (κ1) is 18.3. The molecule has 0 fully saturated rings. The van der Waals surface area contributed by atoms with Crippen LogP contribution in [0, 0.1) is 0 Å². The molecule has 0 aromatic rings. The SMILES string of the molecule is COC(C[SiH2]CCCC[SiH2]CC(OC)OC)OC. The molecule has 6 heteroatoms. The molecule has 0 aliphatic heterocycles. The van der Waals surface area contributed by atoms with Gasteiger partial charge >= 0.3 is 0 Å². The van der Waals surface area contributed by atoms with E-state index in [1.54, 1.807) is 28.4 Å². The van der Waals surface area contributed by atoms with Crippen molar-refractivity contribution in [2.75, 3.05) is 28.4 Å². The van der Waals surface area contributed by atoms with E-state index in [-0.39, 0.29) is 31.6 Å². The van der Waals surface area contributed by atoms with E-state index in [4.69, 9.17) is 18.9 Å². The molecule has 0 amide bonds. The zero-order chi connectivity index (χ0) is 13.6. The monoisotopic (exact) mass is 294 g/mol. The number of unbranched alkanes of at least 4 members (excludes halogenated alkanes) is 1. The molecule has 110 valence electrons. The Morgan fingerprint density at radius 2 is 1.00 bits per heavy atom. The van der Waals surface area contributed by atoms with Crippen LogP contribution < -0.4 is 0 Å². The van der Waals surface area contributed by atoms with Crippen molar-refractivity contribution in [3.8, 4) is 0 Å². The molecule has 0 spiro atoms. The molecule has 0 aromatic heterocycles. The number of rotatable bonds is 13. The van der Waals surface area contributed by atoms with Crippen LogP contribution >= 0.6 is 0 Å². The minimum atomic E-state index is -0.000730. The van der Waals surface area contributed by atoms with Crippen LogP contribution in [-0.2, 0) is 18.9 Å². The number of methoxy groups -OCH3 is 4. The molecule has 0 aliphatic rings. The standard InChI is InChI=1S/C12H30O4Si2/c1-13-11(14-2)9-17-7-5-6-8-18-10-12(15-3)16-4/h11-12H,5-10,17-18H2,1-4H3. The Morgan fingerprint density at radius 1 is 0.667 bits per heavy atom. The summed E-state index contributed by atoms with van der Waals surface area (Å²) in [6.45, 7) is 0. The van der Waals surface area contributed by atoms with E-state index in [9.17, 15) is 0 Å². The third kappa shape index (κ3) is 10.2. The van der Waals surface area contributed by atoms with E-state index < -0.39 is 0 Å². The van der Waals surface area contributed by atoms with Crippen LogP contribution in [-0.4, -0.2) is 60.1 Å². The summed E-state index contributed by atoms with van der Waals surface area (Å²) in [6, 6.07) is 5.10. The molecular weight excluding hydrogens is 264 g/mol. The summed E-state index contributed by atoms with van der Waals surface area (Å²) < 4.78 is 20.7. The zero-order valence-corrected chi connectivity index (χ0v) is 15.3. The van der Waals surface area contributed by atoms with E-state index in [0.717, 1.165) is 12.1 Å². The summed E-state index contributed by atoms with van der Waals surface area (Å²) >= 11 is 0. The topological polar surface area (TPSA) is 36.9 Å². The van der Waals surface area contributed by atoms with Crippen LogP contribution in [0.5, 0.6) is 0 Å². The third-order valence-corrected chi connectivity index (χ3v) is 6.94. The van der Waals surface area contributed by atoms with Gasteiger partial charge < -0.3 is 18.9 Å². The van der Waals surface area contributed by atoms with Crippen LogP contribution in [0.3, 0.4) is 0 Å². The zero-order valence-electron chi connectivity index (χ0n) is 12.4. The maximum Gasteiger partial charge on any atom is 0.153 e. The summed E-state index contributed by atoms with van der Waals surface area (Å²) in [4.78, 5) is 0. The van der Waals surface area contributed by atoms with E-state index in [1.165, 1.54) is 24.9 Å². The highest BCUT2D eigenvalue weighted by Gasteiger charge is 2.05. The van der Waals surface area contributed by atoms with Crippen molar-refractivity contribution in [2.45, 2.75) is 49.6 Å². The van der Waals surface area contributed by atoms with Crippen molar-refractivity contribution in [3.05, 3.63) is 0 Å². The van der Waals surface area contributed by atoms with Crippen molar-refractivity contribution in [2.24, 2.45) is 0 Å². The number of ether oxygens (including phenoxy) is 4. The second kappa shape index (κ2) is 13.7. The van der Waals surface area contributed by atoms with Gasteiger partial charge in [-0.3, -0.25) is 0 Å². The van der Waals surface area contributed by atoms with E-state index in [1.807, 2.05) is 0 Å². The molecule has 0 saturated carbocycles. The average molecular weight is 295 g/mol. The lowest BCUT2D eigenvalue weighted by molar-refractivity contribution is -0.0878. The van der Waals surface area contributed by atoms with Gasteiger partial charge in [0.05, 0.1) is 0 Å². The van der Waals surface area contributed by atoms with Crippen molar-refractivity contribution < 1.29 is 18.9 Å². The largest absolute Gasteiger partial charge is 0.356 e. The average Bonchev–Trinajstić information content (AvgIpc) is 2.41. The van der Waals surface area contributed by atoms with Crippen molar-refractivity contribution in [1.29, 1.82) is 0 Å². The summed E-state index contributed by atoms with van der Waals surface area (Å²) in [5, 5.41) is 0. The number of hydrogen-bond donors (Lipinski definition) is 0. The minimum absolute atomic E-state index is 0.000730. The lowest BCUT2D eigenvalue weighted by atomic mass is 10.4. The fourth-order valence-electron chi connectivity index (χ4n) is 1.99. The first-order valence-corrected chi connectivity index (χ1v) is 10.9. The molecule has 0 saturated heterocycles. The minimum Gasteiger partial charge on any atom is -0.356 e. The molecule has 0 aromatic carbocycles. The van der Waals surface area contributed by atoms with Crippen LogP contribution in [0.25, 0.3) is 0 Å². The van der Waals surface area contributed by atoms with Gasteiger partial charge in [-0.05, 0) is 12.1 Å². The summed E-state index contributed by atoms with van der Waals surface area (Å²) in [5.74, 6) is 0. The third-order valence-electron chi connectivity index (χ3n) is 3.18. The Hall–Kier alpha value is 0.274. The van der Waals surface area contributed by atoms with Crippen LogP contribution in [0.1, 0.15) is 12.8 Å². The van der Waals surface area contributed by atoms with E-state index in [0.29, 0.717) is 0 Å². The van der Waals surface area contributed by atoms with Crippen LogP contribution in [0.2, 0.25) is 24.2 Å². The summed E-state index contributed by atoms with van der Waals surface area (Å²) in [7, 11) is 6.87. The quantitative estimate of drug-likeness (QED) is 0.289. The van der Waals surface area contributed by atoms with Crippen molar-refractivity contribution in [1.82, 2.24) is 0 Å². The molecule has 0 N–H and O–H groups in total. The van der Waals surface area contributed by atoms with Crippen molar-refractivity contribution >= 4 is 19.0 Å². The molecule has 0 bridgehead atoms. The molecule has 0 aliphatic carbocycles. The van der Waals surface area contributed by atoms with E-state index in [2.05, 4.69) is 0 Å². The second-order valence-electron chi connectivity index (χ2n) is 4.50. The molecule has 0 atom stereocenters. The Bertz CT molecular complexity index is 146. The lowest BCUT2D eigenvalue weighted by Gasteiger charge is -2.13. The predicted molar refractivity (Wildman–Crippen MR) is 81.2 cm³/mol. The predicted octanol–water partition coefficient (Wildman–Crippen LogP) is 1.02. The molecule has 0 unspecified atom stereocenters. The van der Waals surface area contributed by atoms with Gasteiger partial charge in [-0.1, -0.05) is 24.9 Å². The molecule has 18 heavy (non-hydrogen) atoms. The van der Waals surface area contributed by atoms with Gasteiger partial charge in [0, 0.05) is 47.5 Å². The fourth-order valence-corrected chi connectivity index (χ4v) is 5.59. The highest BCUT2D eigenvalue weighted by atomic mass is 28.2. The van der Waals surface area contributed by atoms with Crippen LogP contribution in [0.4, 0.5) is 0 Å². The Balaban J connectivity index is 3.21. The second-order valence-corrected chi connectivity index (χ2v) is 8.48. The Labute approximate surface area is 116 Å². The highest BCUT2D eigenvalue weighted by Crippen LogP contribution is 2.07. The normalized spacial score (nSPS) is 13.0.